The fraction of sp³-hybridized carbons (Fsp3) is 0.333. The van der Waals surface area contributed by atoms with E-state index in [1.807, 2.05) is 6.08 Å². The van der Waals surface area contributed by atoms with Gasteiger partial charge in [0.2, 0.25) is 10.0 Å². The molecular formula is C12H13Cl2FN2O2S. The van der Waals surface area contributed by atoms with Crippen LogP contribution in [0.15, 0.2) is 28.7 Å². The van der Waals surface area contributed by atoms with Crippen LogP contribution in [0.5, 0.6) is 0 Å². The van der Waals surface area contributed by atoms with E-state index in [1.54, 1.807) is 0 Å². The maximum Gasteiger partial charge on any atom is 0.243 e. The molecule has 0 aromatic heterocycles. The van der Waals surface area contributed by atoms with Crippen LogP contribution in [0.25, 0.3) is 0 Å². The van der Waals surface area contributed by atoms with Crippen LogP contribution in [0.1, 0.15) is 6.42 Å². The predicted octanol–water partition coefficient (Wildman–Crippen LogP) is 2.33. The Bertz CT molecular complexity index is 624. The van der Waals surface area contributed by atoms with Gasteiger partial charge in [0.25, 0.3) is 0 Å². The van der Waals surface area contributed by atoms with Crippen molar-refractivity contribution in [3.63, 3.8) is 0 Å². The first-order valence-corrected chi connectivity index (χ1v) is 8.17. The van der Waals surface area contributed by atoms with Crippen LogP contribution in [-0.2, 0) is 10.0 Å². The van der Waals surface area contributed by atoms with Gasteiger partial charge in [-0.2, -0.15) is 0 Å². The van der Waals surface area contributed by atoms with E-state index in [0.29, 0.717) is 0 Å². The number of benzene rings is 1. The van der Waals surface area contributed by atoms with Crippen molar-refractivity contribution in [3.8, 4) is 0 Å². The van der Waals surface area contributed by atoms with E-state index in [1.165, 1.54) is 0 Å². The lowest BCUT2D eigenvalue weighted by atomic mass is 10.1. The number of hydrogen-bond acceptors (Lipinski definition) is 3. The van der Waals surface area contributed by atoms with Crippen molar-refractivity contribution in [1.82, 2.24) is 10.0 Å². The highest BCUT2D eigenvalue weighted by molar-refractivity contribution is 7.89. The molecule has 110 valence electrons. The molecular weight excluding hydrogens is 326 g/mol. The summed E-state index contributed by atoms with van der Waals surface area (Å²) in [5.74, 6) is -0.681. The minimum Gasteiger partial charge on any atom is -0.313 e. The molecule has 1 aliphatic rings. The second-order valence-electron chi connectivity index (χ2n) is 4.34. The first kappa shape index (κ1) is 15.7. The Morgan fingerprint density at radius 3 is 2.50 bits per heavy atom. The average molecular weight is 339 g/mol. The molecule has 2 rings (SSSR count). The van der Waals surface area contributed by atoms with Gasteiger partial charge in [-0.25, -0.2) is 17.5 Å². The molecule has 0 aliphatic carbocycles. The van der Waals surface area contributed by atoms with Crippen LogP contribution in [-0.4, -0.2) is 28.1 Å². The number of nitrogens with one attached hydrogen (secondary N) is 2. The monoisotopic (exact) mass is 338 g/mol. The van der Waals surface area contributed by atoms with Gasteiger partial charge >= 0.3 is 0 Å². The van der Waals surface area contributed by atoms with E-state index < -0.39 is 15.8 Å². The third kappa shape index (κ3) is 3.71. The van der Waals surface area contributed by atoms with Crippen molar-refractivity contribution in [1.29, 1.82) is 0 Å². The Balaban J connectivity index is 2.20. The lowest BCUT2D eigenvalue weighted by Gasteiger charge is -2.15. The maximum absolute atomic E-state index is 13.1. The predicted molar refractivity (Wildman–Crippen MR) is 77.2 cm³/mol. The topological polar surface area (TPSA) is 58.2 Å². The number of halogens is 3. The zero-order chi connectivity index (χ0) is 14.8. The first-order chi connectivity index (χ1) is 9.40. The summed E-state index contributed by atoms with van der Waals surface area (Å²) in [5, 5.41) is 2.66. The summed E-state index contributed by atoms with van der Waals surface area (Å²) in [6.07, 6.45) is 2.70. The smallest absolute Gasteiger partial charge is 0.243 e. The van der Waals surface area contributed by atoms with Crippen molar-refractivity contribution in [2.45, 2.75) is 11.3 Å². The van der Waals surface area contributed by atoms with Crippen LogP contribution in [0.3, 0.4) is 0 Å². The van der Waals surface area contributed by atoms with Crippen LogP contribution in [0.2, 0.25) is 10.0 Å². The number of rotatable bonds is 4. The summed E-state index contributed by atoms with van der Waals surface area (Å²) < 4.78 is 39.9. The number of sulfonamides is 1. The van der Waals surface area contributed by atoms with Crippen LogP contribution < -0.4 is 10.0 Å². The normalized spacial score (nSPS) is 16.1. The molecule has 1 aliphatic heterocycles. The SMILES string of the molecule is O=S(=O)(NCC1=CCNCC1)c1c(Cl)cc(F)cc1Cl. The summed E-state index contributed by atoms with van der Waals surface area (Å²) >= 11 is 11.5. The van der Waals surface area contributed by atoms with E-state index in [4.69, 9.17) is 23.2 Å². The molecule has 0 bridgehead atoms. The molecule has 0 saturated heterocycles. The third-order valence-corrected chi connectivity index (χ3v) is 5.20. The van der Waals surface area contributed by atoms with Gasteiger partial charge in [-0.15, -0.1) is 0 Å². The van der Waals surface area contributed by atoms with E-state index in [0.717, 1.165) is 37.2 Å². The Hall–Kier alpha value is -0.660. The summed E-state index contributed by atoms with van der Waals surface area (Å²) in [6.45, 7) is 1.72. The third-order valence-electron chi connectivity index (χ3n) is 2.88. The van der Waals surface area contributed by atoms with Crippen molar-refractivity contribution in [2.24, 2.45) is 0 Å². The Kier molecular flexibility index (Phi) is 5.04. The van der Waals surface area contributed by atoms with Gasteiger partial charge < -0.3 is 5.32 Å². The molecule has 8 heteroatoms. The molecule has 0 radical (unpaired) electrons. The minimum absolute atomic E-state index is 0.189. The highest BCUT2D eigenvalue weighted by atomic mass is 35.5. The van der Waals surface area contributed by atoms with Gasteiger partial charge in [-0.1, -0.05) is 34.9 Å². The standard InChI is InChI=1S/C12H13Cl2FN2O2S/c13-10-5-9(15)6-11(14)12(10)20(18,19)17-7-8-1-3-16-4-2-8/h1,5-6,16-17H,2-4,7H2. The van der Waals surface area contributed by atoms with Crippen LogP contribution in [0.4, 0.5) is 4.39 Å². The Labute approximate surface area is 127 Å². The summed E-state index contributed by atoms with van der Waals surface area (Å²) in [4.78, 5) is -0.295. The first-order valence-electron chi connectivity index (χ1n) is 5.93. The Morgan fingerprint density at radius 1 is 1.30 bits per heavy atom. The van der Waals surface area contributed by atoms with E-state index in [-0.39, 0.29) is 21.5 Å². The van der Waals surface area contributed by atoms with E-state index >= 15 is 0 Å². The minimum atomic E-state index is -3.88. The molecule has 4 nitrogen and oxygen atoms in total. The lowest BCUT2D eigenvalue weighted by Crippen LogP contribution is -2.30. The molecule has 0 unspecified atom stereocenters. The highest BCUT2D eigenvalue weighted by Crippen LogP contribution is 2.30. The summed E-state index contributed by atoms with van der Waals surface area (Å²) in [5.41, 5.74) is 0.988. The van der Waals surface area contributed by atoms with Gasteiger partial charge in [0, 0.05) is 13.1 Å². The van der Waals surface area contributed by atoms with E-state index in [9.17, 15) is 12.8 Å². The molecule has 1 aromatic rings. The molecule has 1 aromatic carbocycles. The summed E-state index contributed by atoms with van der Waals surface area (Å²) in [7, 11) is -3.88. The zero-order valence-corrected chi connectivity index (χ0v) is 12.7. The molecule has 0 fully saturated rings. The van der Waals surface area contributed by atoms with E-state index in [2.05, 4.69) is 10.0 Å². The van der Waals surface area contributed by atoms with Gasteiger partial charge in [0.1, 0.15) is 10.7 Å². The van der Waals surface area contributed by atoms with Crippen molar-refractivity contribution >= 4 is 33.2 Å². The van der Waals surface area contributed by atoms with Crippen LogP contribution in [0, 0.1) is 5.82 Å². The molecule has 1 heterocycles. The lowest BCUT2D eigenvalue weighted by molar-refractivity contribution is 0.581. The van der Waals surface area contributed by atoms with Gasteiger partial charge in [0.15, 0.2) is 0 Å². The largest absolute Gasteiger partial charge is 0.313 e. The number of hydrogen-bond donors (Lipinski definition) is 2. The van der Waals surface area contributed by atoms with Gasteiger partial charge in [0.05, 0.1) is 10.0 Å². The fourth-order valence-electron chi connectivity index (χ4n) is 1.88. The molecule has 2 N–H and O–H groups in total. The van der Waals surface area contributed by atoms with Gasteiger partial charge in [-0.3, -0.25) is 0 Å². The molecule has 0 atom stereocenters. The molecule has 0 saturated carbocycles. The maximum atomic E-state index is 13.1. The van der Waals surface area contributed by atoms with Crippen molar-refractivity contribution < 1.29 is 12.8 Å². The second kappa shape index (κ2) is 6.41. The average Bonchev–Trinajstić information content (AvgIpc) is 2.36. The molecule has 0 amide bonds. The second-order valence-corrected chi connectivity index (χ2v) is 6.86. The van der Waals surface area contributed by atoms with Crippen molar-refractivity contribution in [2.75, 3.05) is 19.6 Å². The molecule has 20 heavy (non-hydrogen) atoms. The highest BCUT2D eigenvalue weighted by Gasteiger charge is 2.23. The summed E-state index contributed by atoms with van der Waals surface area (Å²) in [6, 6.07) is 1.84. The fourth-order valence-corrected chi connectivity index (χ4v) is 4.10. The quantitative estimate of drug-likeness (QED) is 0.828. The molecule has 0 spiro atoms. The van der Waals surface area contributed by atoms with Crippen molar-refractivity contribution in [3.05, 3.63) is 39.6 Å². The van der Waals surface area contributed by atoms with Gasteiger partial charge in [-0.05, 0) is 25.1 Å². The van der Waals surface area contributed by atoms with Crippen LogP contribution >= 0.6 is 23.2 Å². The Morgan fingerprint density at radius 2 is 1.95 bits per heavy atom. The zero-order valence-electron chi connectivity index (χ0n) is 10.4.